The van der Waals surface area contributed by atoms with Crippen LogP contribution >= 0.6 is 0 Å². The number of benzene rings is 1. The molecule has 1 atom stereocenters. The number of carbonyl (C=O) groups excluding carboxylic acids is 2. The molecule has 8 nitrogen and oxygen atoms in total. The summed E-state index contributed by atoms with van der Waals surface area (Å²) in [6.45, 7) is 1.34. The minimum Gasteiger partial charge on any atom is -0.460 e. The molecule has 4 rings (SSSR count). The van der Waals surface area contributed by atoms with Gasteiger partial charge in [0, 0.05) is 18.5 Å². The summed E-state index contributed by atoms with van der Waals surface area (Å²) < 4.78 is 34.2. The van der Waals surface area contributed by atoms with Crippen LogP contribution in [-0.4, -0.2) is 61.4 Å². The zero-order chi connectivity index (χ0) is 22.2. The lowest BCUT2D eigenvalue weighted by Gasteiger charge is -2.23. The van der Waals surface area contributed by atoms with E-state index in [4.69, 9.17) is 9.15 Å². The maximum atomic E-state index is 12.9. The van der Waals surface area contributed by atoms with Gasteiger partial charge < -0.3 is 14.1 Å². The molecule has 1 aromatic carbocycles. The molecule has 0 N–H and O–H groups in total. The number of ether oxygens (including phenoxy) is 1. The van der Waals surface area contributed by atoms with Crippen molar-refractivity contribution in [1.29, 1.82) is 0 Å². The molecule has 162 valence electrons. The molecule has 0 bridgehead atoms. The molecule has 1 saturated heterocycles. The van der Waals surface area contributed by atoms with Crippen molar-refractivity contribution < 1.29 is 27.2 Å². The van der Waals surface area contributed by atoms with Gasteiger partial charge in [-0.15, -0.1) is 0 Å². The smallest absolute Gasteiger partial charge is 0.339 e. The molecule has 0 saturated carbocycles. The number of esters is 1. The molecule has 0 radical (unpaired) electrons. The highest BCUT2D eigenvalue weighted by Crippen LogP contribution is 2.27. The first-order valence-electron chi connectivity index (χ1n) is 9.83. The van der Waals surface area contributed by atoms with Crippen molar-refractivity contribution in [2.75, 3.05) is 25.2 Å². The highest BCUT2D eigenvalue weighted by molar-refractivity contribution is 7.91. The summed E-state index contributed by atoms with van der Waals surface area (Å²) >= 11 is 0. The van der Waals surface area contributed by atoms with Crippen molar-refractivity contribution in [3.05, 3.63) is 53.8 Å². The lowest BCUT2D eigenvalue weighted by atomic mass is 10.1. The Morgan fingerprint density at radius 3 is 2.68 bits per heavy atom. The molecule has 1 fully saturated rings. The van der Waals surface area contributed by atoms with Crippen molar-refractivity contribution in [2.45, 2.75) is 19.4 Å². The standard InChI is InChI=1S/C22H22N2O6S/c1-14-7-8-20(30-14)19-11-17(16-5-3-4-6-18(16)23-19)22(26)29-12-21(25)24(2)15-9-10-31(27,28)13-15/h3-8,11,15H,9-10,12-13H2,1-2H3/t15-/m1/s1. The number of hydrogen-bond donors (Lipinski definition) is 0. The average Bonchev–Trinajstić information content (AvgIpc) is 3.35. The van der Waals surface area contributed by atoms with E-state index in [0.717, 1.165) is 5.76 Å². The fraction of sp³-hybridized carbons (Fsp3) is 0.318. The van der Waals surface area contributed by atoms with Crippen LogP contribution in [0.15, 0.2) is 46.9 Å². The van der Waals surface area contributed by atoms with Gasteiger partial charge in [-0.25, -0.2) is 18.2 Å². The van der Waals surface area contributed by atoms with E-state index in [1.165, 1.54) is 11.9 Å². The summed E-state index contributed by atoms with van der Waals surface area (Å²) in [6.07, 6.45) is 0.388. The Morgan fingerprint density at radius 2 is 2.00 bits per heavy atom. The minimum absolute atomic E-state index is 0.0626. The van der Waals surface area contributed by atoms with E-state index in [1.807, 2.05) is 19.1 Å². The van der Waals surface area contributed by atoms with Gasteiger partial charge in [-0.2, -0.15) is 0 Å². The second-order valence-corrected chi connectivity index (χ2v) is 9.85. The minimum atomic E-state index is -3.12. The molecule has 3 heterocycles. The van der Waals surface area contributed by atoms with Crippen LogP contribution in [0.2, 0.25) is 0 Å². The Bertz CT molecular complexity index is 1260. The molecular weight excluding hydrogens is 420 g/mol. The lowest BCUT2D eigenvalue weighted by Crippen LogP contribution is -2.40. The van der Waals surface area contributed by atoms with Crippen LogP contribution in [0.4, 0.5) is 0 Å². The van der Waals surface area contributed by atoms with E-state index in [0.29, 0.717) is 28.8 Å². The molecule has 1 aliphatic rings. The summed E-state index contributed by atoms with van der Waals surface area (Å²) in [6, 6.07) is 11.9. The molecule has 9 heteroatoms. The molecule has 0 spiro atoms. The zero-order valence-corrected chi connectivity index (χ0v) is 18.0. The molecule has 1 aliphatic heterocycles. The molecule has 1 amide bonds. The Hall–Kier alpha value is -3.20. The third kappa shape index (κ3) is 4.46. The van der Waals surface area contributed by atoms with Crippen LogP contribution in [0.5, 0.6) is 0 Å². The van der Waals surface area contributed by atoms with Gasteiger partial charge in [-0.3, -0.25) is 4.79 Å². The number of para-hydroxylation sites is 1. The van der Waals surface area contributed by atoms with E-state index >= 15 is 0 Å². The first kappa shape index (κ1) is 21.0. The van der Waals surface area contributed by atoms with Gasteiger partial charge in [0.25, 0.3) is 5.91 Å². The Morgan fingerprint density at radius 1 is 1.23 bits per heavy atom. The number of pyridine rings is 1. The predicted octanol–water partition coefficient (Wildman–Crippen LogP) is 2.61. The molecule has 2 aromatic heterocycles. The van der Waals surface area contributed by atoms with Crippen molar-refractivity contribution in [3.8, 4) is 11.5 Å². The number of sulfone groups is 1. The van der Waals surface area contributed by atoms with Gasteiger partial charge in [-0.05, 0) is 37.6 Å². The molecule has 3 aromatic rings. The topological polar surface area (TPSA) is 107 Å². The summed E-state index contributed by atoms with van der Waals surface area (Å²) in [5.74, 6) is 0.129. The second kappa shape index (κ2) is 8.14. The monoisotopic (exact) mass is 442 g/mol. The Balaban J connectivity index is 1.54. The van der Waals surface area contributed by atoms with Gasteiger partial charge >= 0.3 is 5.97 Å². The summed E-state index contributed by atoms with van der Waals surface area (Å²) in [7, 11) is -1.59. The highest BCUT2D eigenvalue weighted by atomic mass is 32.2. The third-order valence-electron chi connectivity index (χ3n) is 5.41. The lowest BCUT2D eigenvalue weighted by molar-refractivity contribution is -0.134. The Kier molecular flexibility index (Phi) is 5.53. The number of carbonyl (C=O) groups is 2. The number of aryl methyl sites for hydroxylation is 1. The normalized spacial score (nSPS) is 17.5. The van der Waals surface area contributed by atoms with E-state index in [1.54, 1.807) is 30.3 Å². The number of aromatic nitrogens is 1. The highest BCUT2D eigenvalue weighted by Gasteiger charge is 2.33. The van der Waals surface area contributed by atoms with E-state index < -0.39 is 34.4 Å². The quantitative estimate of drug-likeness (QED) is 0.559. The van der Waals surface area contributed by atoms with Crippen molar-refractivity contribution in [2.24, 2.45) is 0 Å². The van der Waals surface area contributed by atoms with Crippen LogP contribution in [0.25, 0.3) is 22.4 Å². The van der Waals surface area contributed by atoms with Crippen LogP contribution in [-0.2, 0) is 19.4 Å². The summed E-state index contributed by atoms with van der Waals surface area (Å²) in [4.78, 5) is 31.2. The van der Waals surface area contributed by atoms with Gasteiger partial charge in [0.1, 0.15) is 11.5 Å². The fourth-order valence-electron chi connectivity index (χ4n) is 3.63. The van der Waals surface area contributed by atoms with Crippen LogP contribution < -0.4 is 0 Å². The van der Waals surface area contributed by atoms with Gasteiger partial charge in [-0.1, -0.05) is 18.2 Å². The SMILES string of the molecule is Cc1ccc(-c2cc(C(=O)OCC(=O)N(C)[C@@H]3CCS(=O)(=O)C3)c3ccccc3n2)o1. The number of amides is 1. The predicted molar refractivity (Wildman–Crippen MR) is 114 cm³/mol. The van der Waals surface area contributed by atoms with Crippen molar-refractivity contribution in [1.82, 2.24) is 9.88 Å². The number of furan rings is 1. The maximum absolute atomic E-state index is 12.9. The second-order valence-electron chi connectivity index (χ2n) is 7.62. The third-order valence-corrected chi connectivity index (χ3v) is 7.16. The van der Waals surface area contributed by atoms with Crippen molar-refractivity contribution >= 4 is 32.6 Å². The van der Waals surface area contributed by atoms with E-state index in [-0.39, 0.29) is 17.1 Å². The van der Waals surface area contributed by atoms with Crippen LogP contribution in [0, 0.1) is 6.92 Å². The van der Waals surface area contributed by atoms with Gasteiger partial charge in [0.2, 0.25) is 0 Å². The summed E-state index contributed by atoms with van der Waals surface area (Å²) in [5.41, 5.74) is 1.35. The number of likely N-dealkylation sites (N-methyl/N-ethyl adjacent to an activating group) is 1. The van der Waals surface area contributed by atoms with E-state index in [9.17, 15) is 18.0 Å². The first-order valence-corrected chi connectivity index (χ1v) is 11.7. The van der Waals surface area contributed by atoms with Crippen LogP contribution in [0.1, 0.15) is 22.5 Å². The molecule has 0 unspecified atom stereocenters. The molecular formula is C22H22N2O6S. The number of nitrogens with zero attached hydrogens (tertiary/aromatic N) is 2. The van der Waals surface area contributed by atoms with Gasteiger partial charge in [0.15, 0.2) is 22.2 Å². The largest absolute Gasteiger partial charge is 0.460 e. The number of fused-ring (bicyclic) bond motifs is 1. The summed E-state index contributed by atoms with van der Waals surface area (Å²) in [5, 5.41) is 0.599. The number of rotatable bonds is 5. The van der Waals surface area contributed by atoms with Gasteiger partial charge in [0.05, 0.1) is 22.6 Å². The average molecular weight is 442 g/mol. The Labute approximate surface area is 179 Å². The van der Waals surface area contributed by atoms with E-state index in [2.05, 4.69) is 4.98 Å². The maximum Gasteiger partial charge on any atom is 0.339 e. The first-order chi connectivity index (χ1) is 14.7. The fourth-order valence-corrected chi connectivity index (χ4v) is 5.41. The number of hydrogen-bond acceptors (Lipinski definition) is 7. The molecule has 0 aliphatic carbocycles. The van der Waals surface area contributed by atoms with Crippen LogP contribution in [0.3, 0.4) is 0 Å². The zero-order valence-electron chi connectivity index (χ0n) is 17.2. The van der Waals surface area contributed by atoms with Crippen molar-refractivity contribution in [3.63, 3.8) is 0 Å². The molecule has 31 heavy (non-hydrogen) atoms.